The predicted octanol–water partition coefficient (Wildman–Crippen LogP) is 8.20. The van der Waals surface area contributed by atoms with Gasteiger partial charge in [-0.2, -0.15) is 0 Å². The van der Waals surface area contributed by atoms with Gasteiger partial charge in [0.05, 0.1) is 43.5 Å². The molecule has 0 amide bonds. The van der Waals surface area contributed by atoms with Crippen molar-refractivity contribution in [3.05, 3.63) is 77.4 Å². The van der Waals surface area contributed by atoms with Gasteiger partial charge in [-0.05, 0) is 80.7 Å². The number of allylic oxidation sites excluding steroid dienone is 1. The highest BCUT2D eigenvalue weighted by molar-refractivity contribution is 6.87. The Labute approximate surface area is 272 Å². The van der Waals surface area contributed by atoms with Gasteiger partial charge < -0.3 is 19.3 Å². The number of hydrogen-bond acceptors (Lipinski definition) is 6. The Morgan fingerprint density at radius 2 is 1.60 bits per heavy atom. The van der Waals surface area contributed by atoms with Crippen molar-refractivity contribution in [2.75, 3.05) is 13.7 Å². The van der Waals surface area contributed by atoms with Gasteiger partial charge >= 0.3 is 5.97 Å². The maximum atomic E-state index is 13.2. The summed E-state index contributed by atoms with van der Waals surface area (Å²) in [4.78, 5) is 25.6. The third-order valence-electron chi connectivity index (χ3n) is 8.89. The first-order valence-electron chi connectivity index (χ1n) is 16.3. The zero-order valence-electron chi connectivity index (χ0n) is 28.7. The number of ether oxygens (including phenoxy) is 3. The van der Waals surface area contributed by atoms with Crippen molar-refractivity contribution in [3.63, 3.8) is 0 Å². The Bertz CT molecular complexity index is 1280. The van der Waals surface area contributed by atoms with Gasteiger partial charge in [0.2, 0.25) is 0 Å². The largest absolute Gasteiger partial charge is 0.497 e. The Morgan fingerprint density at radius 1 is 0.978 bits per heavy atom. The number of benzene rings is 2. The minimum absolute atomic E-state index is 0.0218. The highest BCUT2D eigenvalue weighted by Crippen LogP contribution is 2.30. The molecule has 0 aliphatic carbocycles. The van der Waals surface area contributed by atoms with E-state index in [1.54, 1.807) is 38.3 Å². The van der Waals surface area contributed by atoms with Crippen LogP contribution in [0.4, 0.5) is 0 Å². The normalized spacial score (nSPS) is 14.1. The van der Waals surface area contributed by atoms with Gasteiger partial charge in [-0.1, -0.05) is 64.1 Å². The van der Waals surface area contributed by atoms with Crippen LogP contribution >= 0.6 is 0 Å². The number of methoxy groups -OCH3 is 1. The van der Waals surface area contributed by atoms with Crippen LogP contribution < -0.4 is 4.74 Å². The second kappa shape index (κ2) is 18.7. The number of esters is 1. The molecule has 3 atom stereocenters. The number of carbonyl (C=O) groups excluding carboxylic acids is 2. The molecule has 2 rings (SSSR count). The molecule has 7 heteroatoms. The third kappa shape index (κ3) is 12.3. The predicted molar refractivity (Wildman–Crippen MR) is 185 cm³/mol. The molecular formula is C38H54O6Si. The maximum Gasteiger partial charge on any atom is 0.338 e. The average molecular weight is 635 g/mol. The number of aliphatic hydroxyl groups is 1. The van der Waals surface area contributed by atoms with Crippen LogP contribution in [0.25, 0.3) is 0 Å². The summed E-state index contributed by atoms with van der Waals surface area (Å²) in [7, 11) is -0.0538. The molecule has 2 aromatic rings. The second-order valence-corrected chi connectivity index (χ2v) is 17.4. The molecule has 0 aliphatic heterocycles. The lowest BCUT2D eigenvalue weighted by molar-refractivity contribution is -0.118. The molecule has 0 unspecified atom stereocenters. The Morgan fingerprint density at radius 3 is 2.16 bits per heavy atom. The molecule has 45 heavy (non-hydrogen) atoms. The van der Waals surface area contributed by atoms with Gasteiger partial charge in [-0.3, -0.25) is 4.79 Å². The first-order valence-corrected chi connectivity index (χ1v) is 18.9. The van der Waals surface area contributed by atoms with Gasteiger partial charge in [0.1, 0.15) is 13.8 Å². The average Bonchev–Trinajstić information content (AvgIpc) is 3.06. The second-order valence-electron chi connectivity index (χ2n) is 12.5. The SMILES string of the molecule is CC[C@@H](/C=C(/C)C(=O)C[C@@H](O)C[C@H](OCc1ccc(OC)cc1)C(C)(C)C#C[Si](CC)(CC)CC)COC(=O)c1ccccc1. The lowest BCUT2D eigenvalue weighted by atomic mass is 9.83. The molecule has 0 aromatic heterocycles. The summed E-state index contributed by atoms with van der Waals surface area (Å²) < 4.78 is 17.2. The summed E-state index contributed by atoms with van der Waals surface area (Å²) in [5.74, 6) is 3.73. The summed E-state index contributed by atoms with van der Waals surface area (Å²) in [6.07, 6.45) is 1.53. The number of ketones is 1. The van der Waals surface area contributed by atoms with Crippen LogP contribution in [0.15, 0.2) is 66.2 Å². The summed E-state index contributed by atoms with van der Waals surface area (Å²) in [6, 6.07) is 19.9. The fourth-order valence-electron chi connectivity index (χ4n) is 5.15. The number of rotatable bonds is 18. The Kier molecular flexibility index (Phi) is 15.8. The quantitative estimate of drug-likeness (QED) is 0.0771. The van der Waals surface area contributed by atoms with Crippen molar-refractivity contribution in [1.82, 2.24) is 0 Å². The first-order chi connectivity index (χ1) is 21.4. The number of hydrogen-bond donors (Lipinski definition) is 1. The minimum atomic E-state index is -1.69. The molecule has 0 heterocycles. The summed E-state index contributed by atoms with van der Waals surface area (Å²) >= 11 is 0. The molecule has 0 saturated carbocycles. The van der Waals surface area contributed by atoms with Crippen LogP contribution in [0.2, 0.25) is 18.1 Å². The molecule has 6 nitrogen and oxygen atoms in total. The molecule has 246 valence electrons. The van der Waals surface area contributed by atoms with E-state index in [9.17, 15) is 14.7 Å². The van der Waals surface area contributed by atoms with E-state index in [-0.39, 0.29) is 37.1 Å². The summed E-state index contributed by atoms with van der Waals surface area (Å²) in [6.45, 7) is 15.1. The third-order valence-corrected chi connectivity index (χ3v) is 13.6. The van der Waals surface area contributed by atoms with E-state index in [0.717, 1.165) is 29.4 Å². The molecule has 0 radical (unpaired) electrons. The minimum Gasteiger partial charge on any atom is -0.497 e. The van der Waals surface area contributed by atoms with Crippen LogP contribution in [0, 0.1) is 22.8 Å². The smallest absolute Gasteiger partial charge is 0.338 e. The van der Waals surface area contributed by atoms with Crippen LogP contribution in [0.3, 0.4) is 0 Å². The van der Waals surface area contributed by atoms with E-state index in [2.05, 4.69) is 46.1 Å². The fourth-order valence-corrected chi connectivity index (χ4v) is 7.77. The van der Waals surface area contributed by atoms with E-state index >= 15 is 0 Å². The Balaban J connectivity index is 2.14. The summed E-state index contributed by atoms with van der Waals surface area (Å²) in [5, 5.41) is 11.2. The highest BCUT2D eigenvalue weighted by atomic mass is 28.3. The molecule has 1 N–H and O–H groups in total. The Hall–Kier alpha value is -3.18. The highest BCUT2D eigenvalue weighted by Gasteiger charge is 2.33. The number of carbonyl (C=O) groups is 2. The van der Waals surface area contributed by atoms with Crippen LogP contribution in [-0.2, 0) is 20.9 Å². The molecule has 0 aliphatic rings. The molecule has 0 spiro atoms. The molecule has 2 aromatic carbocycles. The van der Waals surface area contributed by atoms with Crippen molar-refractivity contribution >= 4 is 19.8 Å². The first kappa shape index (κ1) is 38.0. The van der Waals surface area contributed by atoms with Crippen LogP contribution in [-0.4, -0.2) is 50.9 Å². The van der Waals surface area contributed by atoms with E-state index in [1.165, 1.54) is 0 Å². The topological polar surface area (TPSA) is 82.1 Å². The van der Waals surface area contributed by atoms with Crippen molar-refractivity contribution in [2.45, 2.75) is 105 Å². The van der Waals surface area contributed by atoms with Gasteiger partial charge in [0, 0.05) is 18.8 Å². The van der Waals surface area contributed by atoms with E-state index in [1.807, 2.05) is 43.3 Å². The standard InChI is InChI=1S/C38H54O6Si/c1-9-30(27-44-37(41)32-16-14-13-15-17-32)24-29(5)35(40)25-33(39)26-36(43-28-31-18-20-34(42-8)21-19-31)38(6,7)22-23-45(10-2,11-3)12-4/h13-21,24,30,33,36,39H,9-12,25-28H2,1-8H3/b29-24-/t30-,33+,36-/m0/s1. The zero-order chi connectivity index (χ0) is 33.5. The lowest BCUT2D eigenvalue weighted by Gasteiger charge is -2.32. The van der Waals surface area contributed by atoms with E-state index in [0.29, 0.717) is 24.2 Å². The monoisotopic (exact) mass is 634 g/mol. The number of aliphatic hydroxyl groups excluding tert-OH is 1. The van der Waals surface area contributed by atoms with Crippen LogP contribution in [0.5, 0.6) is 5.75 Å². The van der Waals surface area contributed by atoms with Crippen LogP contribution in [0.1, 0.15) is 83.7 Å². The van der Waals surface area contributed by atoms with Gasteiger partial charge in [0.25, 0.3) is 0 Å². The molecule has 0 bridgehead atoms. The van der Waals surface area contributed by atoms with E-state index < -0.39 is 25.7 Å². The summed E-state index contributed by atoms with van der Waals surface area (Å²) in [5.41, 5.74) is 5.21. The van der Waals surface area contributed by atoms with Gasteiger partial charge in [0.15, 0.2) is 5.78 Å². The number of Topliss-reactive ketones (excluding diaryl/α,β-unsaturated/α-hetero) is 1. The molecule has 0 fully saturated rings. The maximum absolute atomic E-state index is 13.2. The van der Waals surface area contributed by atoms with Gasteiger partial charge in [-0.25, -0.2) is 4.79 Å². The van der Waals surface area contributed by atoms with Crippen molar-refractivity contribution < 1.29 is 28.9 Å². The van der Waals surface area contributed by atoms with Crippen molar-refractivity contribution in [2.24, 2.45) is 11.3 Å². The van der Waals surface area contributed by atoms with Gasteiger partial charge in [-0.15, -0.1) is 11.5 Å². The zero-order valence-corrected chi connectivity index (χ0v) is 29.7. The van der Waals surface area contributed by atoms with Crippen molar-refractivity contribution in [3.8, 4) is 17.2 Å². The lowest BCUT2D eigenvalue weighted by Crippen LogP contribution is -2.36. The fraction of sp³-hybridized carbons (Fsp3) is 0.526. The van der Waals surface area contributed by atoms with Crippen molar-refractivity contribution in [1.29, 1.82) is 0 Å². The molecular weight excluding hydrogens is 580 g/mol. The molecule has 0 saturated heterocycles. The van der Waals surface area contributed by atoms with E-state index in [4.69, 9.17) is 14.2 Å².